The molecule has 0 atom stereocenters. The molecule has 0 saturated heterocycles. The predicted octanol–water partition coefficient (Wildman–Crippen LogP) is 2.32. The molecule has 0 aliphatic heterocycles. The van der Waals surface area contributed by atoms with Gasteiger partial charge in [-0.15, -0.1) is 0 Å². The monoisotopic (exact) mass is 209 g/mol. The molecule has 0 unspecified atom stereocenters. The van der Waals surface area contributed by atoms with Crippen LogP contribution in [0.1, 0.15) is 30.1 Å². The van der Waals surface area contributed by atoms with Crippen LogP contribution in [-0.4, -0.2) is 25.0 Å². The quantitative estimate of drug-likeness (QED) is 0.578. The standard InChI is InChI=1S/C11H15NO.CH4O/c1-2-3-8-12-11-6-4-10(9-13)5-7-11;1-2/h4-7,9,12H,2-3,8H2,1H3;2H,1H3. The second-order valence-corrected chi connectivity index (χ2v) is 3.02. The summed E-state index contributed by atoms with van der Waals surface area (Å²) in [6.45, 7) is 3.16. The Bertz CT molecular complexity index is 257. The molecule has 1 aromatic carbocycles. The third-order valence-corrected chi connectivity index (χ3v) is 1.91. The lowest BCUT2D eigenvalue weighted by Gasteiger charge is -2.04. The van der Waals surface area contributed by atoms with Crippen LogP contribution < -0.4 is 5.32 Å². The molecule has 3 heteroatoms. The number of aliphatic hydroxyl groups is 1. The lowest BCUT2D eigenvalue weighted by Crippen LogP contribution is -2.00. The molecule has 0 bridgehead atoms. The number of rotatable bonds is 5. The molecule has 0 fully saturated rings. The van der Waals surface area contributed by atoms with E-state index in [-0.39, 0.29) is 0 Å². The highest BCUT2D eigenvalue weighted by atomic mass is 16.2. The van der Waals surface area contributed by atoms with Crippen LogP contribution in [0.3, 0.4) is 0 Å². The van der Waals surface area contributed by atoms with Crippen LogP contribution in [0.2, 0.25) is 0 Å². The molecule has 2 N–H and O–H groups in total. The summed E-state index contributed by atoms with van der Waals surface area (Å²) in [7, 11) is 1.00. The van der Waals surface area contributed by atoms with Gasteiger partial charge in [0.05, 0.1) is 0 Å². The van der Waals surface area contributed by atoms with Gasteiger partial charge in [0, 0.05) is 24.9 Å². The van der Waals surface area contributed by atoms with Gasteiger partial charge in [-0.2, -0.15) is 0 Å². The zero-order valence-electron chi connectivity index (χ0n) is 9.36. The summed E-state index contributed by atoms with van der Waals surface area (Å²) in [5.74, 6) is 0. The number of carbonyl (C=O) groups excluding carboxylic acids is 1. The number of hydrogen-bond donors (Lipinski definition) is 2. The number of aliphatic hydroxyl groups excluding tert-OH is 1. The average Bonchev–Trinajstić information content (AvgIpc) is 2.33. The molecule has 0 amide bonds. The molecule has 0 spiro atoms. The topological polar surface area (TPSA) is 49.3 Å². The van der Waals surface area contributed by atoms with E-state index >= 15 is 0 Å². The van der Waals surface area contributed by atoms with Crippen LogP contribution in [-0.2, 0) is 0 Å². The summed E-state index contributed by atoms with van der Waals surface area (Å²) >= 11 is 0. The Morgan fingerprint density at radius 3 is 2.33 bits per heavy atom. The highest BCUT2D eigenvalue weighted by Crippen LogP contribution is 2.07. The van der Waals surface area contributed by atoms with Gasteiger partial charge >= 0.3 is 0 Å². The van der Waals surface area contributed by atoms with Gasteiger partial charge in [0.2, 0.25) is 0 Å². The molecule has 1 rings (SSSR count). The fourth-order valence-corrected chi connectivity index (χ4v) is 1.09. The summed E-state index contributed by atoms with van der Waals surface area (Å²) in [5.41, 5.74) is 1.81. The maximum absolute atomic E-state index is 10.4. The fourth-order valence-electron chi connectivity index (χ4n) is 1.09. The summed E-state index contributed by atoms with van der Waals surface area (Å²) in [5, 5.41) is 10.3. The van der Waals surface area contributed by atoms with Crippen LogP contribution in [0.4, 0.5) is 5.69 Å². The molecule has 0 radical (unpaired) electrons. The minimum absolute atomic E-state index is 0.723. The molecule has 15 heavy (non-hydrogen) atoms. The van der Waals surface area contributed by atoms with Gasteiger partial charge in [-0.1, -0.05) is 13.3 Å². The smallest absolute Gasteiger partial charge is 0.150 e. The van der Waals surface area contributed by atoms with Gasteiger partial charge in [0.15, 0.2) is 0 Å². The molecule has 3 nitrogen and oxygen atoms in total. The lowest BCUT2D eigenvalue weighted by molar-refractivity contribution is 0.112. The minimum atomic E-state index is 0.723. The van der Waals surface area contributed by atoms with E-state index in [0.717, 1.165) is 31.2 Å². The van der Waals surface area contributed by atoms with Gasteiger partial charge in [0.25, 0.3) is 0 Å². The molecular formula is C12H19NO2. The number of benzene rings is 1. The van der Waals surface area contributed by atoms with Crippen molar-refractivity contribution in [2.75, 3.05) is 19.0 Å². The third kappa shape index (κ3) is 5.86. The second-order valence-electron chi connectivity index (χ2n) is 3.02. The number of carbonyl (C=O) groups is 1. The van der Waals surface area contributed by atoms with Crippen molar-refractivity contribution in [3.05, 3.63) is 29.8 Å². The maximum Gasteiger partial charge on any atom is 0.150 e. The first kappa shape index (κ1) is 13.7. The summed E-state index contributed by atoms with van der Waals surface area (Å²) in [6.07, 6.45) is 3.23. The van der Waals surface area contributed by atoms with Gasteiger partial charge in [-0.3, -0.25) is 4.79 Å². The maximum atomic E-state index is 10.4. The number of aldehydes is 1. The Labute approximate surface area is 91.1 Å². The summed E-state index contributed by atoms with van der Waals surface area (Å²) in [4.78, 5) is 10.4. The summed E-state index contributed by atoms with van der Waals surface area (Å²) in [6, 6.07) is 7.50. The molecule has 1 aromatic rings. The number of nitrogens with one attached hydrogen (secondary N) is 1. The largest absolute Gasteiger partial charge is 0.400 e. The van der Waals surface area contributed by atoms with Crippen molar-refractivity contribution in [1.82, 2.24) is 0 Å². The Morgan fingerprint density at radius 2 is 1.87 bits per heavy atom. The number of anilines is 1. The van der Waals surface area contributed by atoms with E-state index in [1.54, 1.807) is 0 Å². The zero-order chi connectivity index (χ0) is 11.5. The predicted molar refractivity (Wildman–Crippen MR) is 63.4 cm³/mol. The Balaban J connectivity index is 0.000000921. The van der Waals surface area contributed by atoms with E-state index in [0.29, 0.717) is 0 Å². The van der Waals surface area contributed by atoms with Crippen LogP contribution in [0, 0.1) is 0 Å². The average molecular weight is 209 g/mol. The van der Waals surface area contributed by atoms with Gasteiger partial charge in [0.1, 0.15) is 6.29 Å². The first-order valence-corrected chi connectivity index (χ1v) is 5.10. The highest BCUT2D eigenvalue weighted by Gasteiger charge is 1.91. The van der Waals surface area contributed by atoms with Crippen molar-refractivity contribution >= 4 is 12.0 Å². The second kappa shape index (κ2) is 9.21. The highest BCUT2D eigenvalue weighted by molar-refractivity contribution is 5.75. The van der Waals surface area contributed by atoms with E-state index in [2.05, 4.69) is 12.2 Å². The van der Waals surface area contributed by atoms with E-state index in [4.69, 9.17) is 5.11 Å². The molecule has 0 aliphatic carbocycles. The molecule has 0 aliphatic rings. The Morgan fingerprint density at radius 1 is 1.27 bits per heavy atom. The number of hydrogen-bond acceptors (Lipinski definition) is 3. The molecule has 84 valence electrons. The van der Waals surface area contributed by atoms with Gasteiger partial charge in [-0.25, -0.2) is 0 Å². The molecule has 0 saturated carbocycles. The van der Waals surface area contributed by atoms with E-state index < -0.39 is 0 Å². The molecular weight excluding hydrogens is 190 g/mol. The fraction of sp³-hybridized carbons (Fsp3) is 0.417. The van der Waals surface area contributed by atoms with Crippen LogP contribution in [0.5, 0.6) is 0 Å². The Kier molecular flexibility index (Phi) is 8.39. The SMILES string of the molecule is CCCCNc1ccc(C=O)cc1.CO. The zero-order valence-corrected chi connectivity index (χ0v) is 9.36. The lowest BCUT2D eigenvalue weighted by atomic mass is 10.2. The molecule has 0 heterocycles. The first-order valence-electron chi connectivity index (χ1n) is 5.10. The van der Waals surface area contributed by atoms with Crippen LogP contribution >= 0.6 is 0 Å². The van der Waals surface area contributed by atoms with Crippen molar-refractivity contribution in [3.63, 3.8) is 0 Å². The van der Waals surface area contributed by atoms with Gasteiger partial charge < -0.3 is 10.4 Å². The van der Waals surface area contributed by atoms with Crippen molar-refractivity contribution in [2.24, 2.45) is 0 Å². The van der Waals surface area contributed by atoms with E-state index in [9.17, 15) is 4.79 Å². The van der Waals surface area contributed by atoms with Crippen molar-refractivity contribution in [3.8, 4) is 0 Å². The van der Waals surface area contributed by atoms with E-state index in [1.165, 1.54) is 12.8 Å². The number of unbranched alkanes of at least 4 members (excludes halogenated alkanes) is 1. The summed E-state index contributed by atoms with van der Waals surface area (Å²) < 4.78 is 0. The van der Waals surface area contributed by atoms with Gasteiger partial charge in [-0.05, 0) is 30.7 Å². The van der Waals surface area contributed by atoms with Crippen LogP contribution in [0.15, 0.2) is 24.3 Å². The molecule has 0 aromatic heterocycles. The third-order valence-electron chi connectivity index (χ3n) is 1.91. The minimum Gasteiger partial charge on any atom is -0.400 e. The van der Waals surface area contributed by atoms with Crippen molar-refractivity contribution in [1.29, 1.82) is 0 Å². The van der Waals surface area contributed by atoms with Crippen molar-refractivity contribution < 1.29 is 9.90 Å². The first-order chi connectivity index (χ1) is 7.36. The van der Waals surface area contributed by atoms with E-state index in [1.807, 2.05) is 24.3 Å². The normalized spacial score (nSPS) is 8.73. The van der Waals surface area contributed by atoms with Crippen molar-refractivity contribution in [2.45, 2.75) is 19.8 Å². The Hall–Kier alpha value is -1.35. The van der Waals surface area contributed by atoms with Crippen LogP contribution in [0.25, 0.3) is 0 Å².